The maximum absolute atomic E-state index is 12.8. The molecule has 0 atom stereocenters. The number of nitrogens with zero attached hydrogens (tertiary/aromatic N) is 3. The number of carbonyl (C=O) groups excluding carboxylic acids is 2. The van der Waals surface area contributed by atoms with E-state index in [1.165, 1.54) is 12.1 Å². The molecule has 0 radical (unpaired) electrons. The number of nitrogens with one attached hydrogen (secondary N) is 2. The first-order valence-electron chi connectivity index (χ1n) is 11.9. The van der Waals surface area contributed by atoms with Crippen LogP contribution < -0.4 is 15.5 Å². The maximum Gasteiger partial charge on any atom is 0.416 e. The molecule has 3 aromatic rings. The van der Waals surface area contributed by atoms with Crippen molar-refractivity contribution in [2.24, 2.45) is 0 Å². The van der Waals surface area contributed by atoms with E-state index in [9.17, 15) is 22.8 Å². The first-order valence-corrected chi connectivity index (χ1v) is 11.9. The Morgan fingerprint density at radius 3 is 2.32 bits per heavy atom. The summed E-state index contributed by atoms with van der Waals surface area (Å²) in [6.07, 6.45) is -2.17. The zero-order chi connectivity index (χ0) is 26.6. The second kappa shape index (κ2) is 10.9. The van der Waals surface area contributed by atoms with Gasteiger partial charge in [-0.3, -0.25) is 4.79 Å². The Morgan fingerprint density at radius 1 is 0.892 bits per heavy atom. The fourth-order valence-corrected chi connectivity index (χ4v) is 4.15. The molecule has 1 aliphatic rings. The Balaban J connectivity index is 1.33. The van der Waals surface area contributed by atoms with Crippen LogP contribution in [0.25, 0.3) is 0 Å². The lowest BCUT2D eigenvalue weighted by molar-refractivity contribution is -0.137. The lowest BCUT2D eigenvalue weighted by atomic mass is 10.1. The van der Waals surface area contributed by atoms with Crippen LogP contribution in [0.5, 0.6) is 0 Å². The fraction of sp³-hybridized carbons (Fsp3) is 0.296. The number of amides is 3. The number of hydrogen-bond donors (Lipinski definition) is 2. The Kier molecular flexibility index (Phi) is 7.66. The van der Waals surface area contributed by atoms with E-state index < -0.39 is 11.7 Å². The first-order chi connectivity index (χ1) is 17.6. The molecular formula is C27H28F3N5O2. The molecule has 2 aromatic carbocycles. The number of alkyl halides is 3. The van der Waals surface area contributed by atoms with Gasteiger partial charge in [-0.15, -0.1) is 0 Å². The molecule has 0 bridgehead atoms. The fourth-order valence-electron chi connectivity index (χ4n) is 4.15. The van der Waals surface area contributed by atoms with Gasteiger partial charge in [0.15, 0.2) is 0 Å². The highest BCUT2D eigenvalue weighted by molar-refractivity contribution is 6.00. The Morgan fingerprint density at radius 2 is 1.65 bits per heavy atom. The molecule has 0 unspecified atom stereocenters. The van der Waals surface area contributed by atoms with E-state index >= 15 is 0 Å². The van der Waals surface area contributed by atoms with Gasteiger partial charge in [0.2, 0.25) is 0 Å². The molecule has 37 heavy (non-hydrogen) atoms. The van der Waals surface area contributed by atoms with Crippen molar-refractivity contribution in [3.63, 3.8) is 0 Å². The molecule has 0 saturated carbocycles. The summed E-state index contributed by atoms with van der Waals surface area (Å²) in [4.78, 5) is 33.4. The van der Waals surface area contributed by atoms with E-state index in [1.54, 1.807) is 23.2 Å². The van der Waals surface area contributed by atoms with Gasteiger partial charge in [-0.2, -0.15) is 13.2 Å². The minimum atomic E-state index is -4.44. The first kappa shape index (κ1) is 26.0. The van der Waals surface area contributed by atoms with Crippen LogP contribution >= 0.6 is 0 Å². The summed E-state index contributed by atoms with van der Waals surface area (Å²) in [6.45, 7) is 6.03. The zero-order valence-corrected chi connectivity index (χ0v) is 20.6. The number of urea groups is 1. The van der Waals surface area contributed by atoms with Crippen LogP contribution in [0.4, 0.5) is 35.2 Å². The number of aryl methyl sites for hydroxylation is 1. The molecular weight excluding hydrogens is 483 g/mol. The van der Waals surface area contributed by atoms with Crippen molar-refractivity contribution >= 4 is 29.1 Å². The van der Waals surface area contributed by atoms with E-state index in [0.717, 1.165) is 28.9 Å². The Hall–Kier alpha value is -4.08. The molecule has 2 N–H and O–H groups in total. The number of benzene rings is 2. The van der Waals surface area contributed by atoms with Gasteiger partial charge in [-0.1, -0.05) is 12.1 Å². The highest BCUT2D eigenvalue weighted by atomic mass is 19.4. The third-order valence-corrected chi connectivity index (χ3v) is 6.42. The molecule has 1 aromatic heterocycles. The number of anilines is 3. The lowest BCUT2D eigenvalue weighted by Crippen LogP contribution is -2.35. The third-order valence-electron chi connectivity index (χ3n) is 6.42. The van der Waals surface area contributed by atoms with Crippen molar-refractivity contribution < 1.29 is 22.8 Å². The van der Waals surface area contributed by atoms with Gasteiger partial charge >= 0.3 is 12.2 Å². The van der Waals surface area contributed by atoms with E-state index in [1.807, 2.05) is 36.9 Å². The van der Waals surface area contributed by atoms with Crippen molar-refractivity contribution in [3.8, 4) is 0 Å². The molecule has 194 valence electrons. The Bertz CT molecular complexity index is 1260. The van der Waals surface area contributed by atoms with Gasteiger partial charge in [0.25, 0.3) is 5.91 Å². The number of aromatic nitrogens is 1. The SMILES string of the molecule is Cc1cccc(NC(=O)Nc2ccc(N3CCCN(C(=O)c4ccc(C(F)(F)F)cc4)CC3)nc2)c1C. The number of pyridine rings is 1. The van der Waals surface area contributed by atoms with E-state index in [-0.39, 0.29) is 17.5 Å². The van der Waals surface area contributed by atoms with Gasteiger partial charge < -0.3 is 20.4 Å². The molecule has 0 aliphatic carbocycles. The van der Waals surface area contributed by atoms with Gasteiger partial charge in [0, 0.05) is 37.4 Å². The predicted octanol–water partition coefficient (Wildman–Crippen LogP) is 5.71. The normalized spacial score (nSPS) is 14.2. The molecule has 4 rings (SSSR count). The Labute approximate surface area is 213 Å². The number of carbonyl (C=O) groups is 2. The van der Waals surface area contributed by atoms with Crippen LogP contribution in [0.2, 0.25) is 0 Å². The monoisotopic (exact) mass is 511 g/mol. The summed E-state index contributed by atoms with van der Waals surface area (Å²) in [5.41, 5.74) is 2.81. The summed E-state index contributed by atoms with van der Waals surface area (Å²) >= 11 is 0. The van der Waals surface area contributed by atoms with Crippen molar-refractivity contribution in [2.75, 3.05) is 41.7 Å². The van der Waals surface area contributed by atoms with Crippen molar-refractivity contribution in [2.45, 2.75) is 26.4 Å². The van der Waals surface area contributed by atoms with E-state index in [2.05, 4.69) is 15.6 Å². The summed E-state index contributed by atoms with van der Waals surface area (Å²) in [5.74, 6) is 0.419. The largest absolute Gasteiger partial charge is 0.416 e. The van der Waals surface area contributed by atoms with Crippen LogP contribution in [0.3, 0.4) is 0 Å². The smallest absolute Gasteiger partial charge is 0.355 e. The molecule has 2 heterocycles. The number of halogens is 3. The minimum Gasteiger partial charge on any atom is -0.355 e. The average Bonchev–Trinajstić information content (AvgIpc) is 3.13. The highest BCUT2D eigenvalue weighted by Gasteiger charge is 2.30. The van der Waals surface area contributed by atoms with Crippen LogP contribution in [0.15, 0.2) is 60.8 Å². The van der Waals surface area contributed by atoms with E-state index in [4.69, 9.17) is 0 Å². The molecule has 1 saturated heterocycles. The van der Waals surface area contributed by atoms with Crippen LogP contribution in [0.1, 0.15) is 33.5 Å². The maximum atomic E-state index is 12.8. The topological polar surface area (TPSA) is 77.6 Å². The average molecular weight is 512 g/mol. The van der Waals surface area contributed by atoms with E-state index in [0.29, 0.717) is 44.1 Å². The quantitative estimate of drug-likeness (QED) is 0.470. The highest BCUT2D eigenvalue weighted by Crippen LogP contribution is 2.29. The molecule has 0 spiro atoms. The second-order valence-corrected chi connectivity index (χ2v) is 8.94. The van der Waals surface area contributed by atoms with Gasteiger partial charge in [-0.05, 0) is 73.9 Å². The second-order valence-electron chi connectivity index (χ2n) is 8.94. The van der Waals surface area contributed by atoms with Crippen LogP contribution in [-0.2, 0) is 6.18 Å². The molecule has 10 heteroatoms. The van der Waals surface area contributed by atoms with Crippen LogP contribution in [0, 0.1) is 13.8 Å². The lowest BCUT2D eigenvalue weighted by Gasteiger charge is -2.23. The van der Waals surface area contributed by atoms with Crippen LogP contribution in [-0.4, -0.2) is 48.0 Å². The summed E-state index contributed by atoms with van der Waals surface area (Å²) in [5, 5.41) is 5.62. The van der Waals surface area contributed by atoms with Crippen molar-refractivity contribution in [1.29, 1.82) is 0 Å². The molecule has 3 amide bonds. The summed E-state index contributed by atoms with van der Waals surface area (Å²) in [6, 6.07) is 13.2. The molecule has 7 nitrogen and oxygen atoms in total. The zero-order valence-electron chi connectivity index (χ0n) is 20.6. The number of rotatable bonds is 4. The van der Waals surface area contributed by atoms with Gasteiger partial charge in [0.1, 0.15) is 5.82 Å². The summed E-state index contributed by atoms with van der Waals surface area (Å²) < 4.78 is 38.4. The third kappa shape index (κ3) is 6.38. The number of hydrogen-bond acceptors (Lipinski definition) is 4. The van der Waals surface area contributed by atoms with Gasteiger partial charge in [0.05, 0.1) is 17.4 Å². The minimum absolute atomic E-state index is 0.231. The molecule has 1 fully saturated rings. The standard InChI is InChI=1S/C27H28F3N5O2/c1-18-5-3-6-23(19(18)2)33-26(37)32-22-11-12-24(31-17-22)34-13-4-14-35(16-15-34)25(36)20-7-9-21(10-8-20)27(28,29)30/h3,5-12,17H,4,13-16H2,1-2H3,(H2,32,33,37). The molecule has 1 aliphatic heterocycles. The van der Waals surface area contributed by atoms with Gasteiger partial charge in [-0.25, -0.2) is 9.78 Å². The predicted molar refractivity (Wildman–Crippen MR) is 137 cm³/mol. The van der Waals surface area contributed by atoms with Crippen molar-refractivity contribution in [3.05, 3.63) is 83.0 Å². The summed E-state index contributed by atoms with van der Waals surface area (Å²) in [7, 11) is 0. The van der Waals surface area contributed by atoms with Crippen molar-refractivity contribution in [1.82, 2.24) is 9.88 Å².